The van der Waals surface area contributed by atoms with Gasteiger partial charge >= 0.3 is 5.97 Å². The minimum atomic E-state index is -1.36. The van der Waals surface area contributed by atoms with E-state index in [9.17, 15) is 15.0 Å². The third-order valence-electron chi connectivity index (χ3n) is 5.24. The summed E-state index contributed by atoms with van der Waals surface area (Å²) < 4.78 is 5.25. The Labute approximate surface area is 164 Å². The lowest BCUT2D eigenvalue weighted by Gasteiger charge is -2.43. The zero-order chi connectivity index (χ0) is 20.3. The van der Waals surface area contributed by atoms with Crippen molar-refractivity contribution in [2.45, 2.75) is 25.9 Å². The zero-order valence-electron chi connectivity index (χ0n) is 16.3. The Balaban J connectivity index is 1.95. The van der Waals surface area contributed by atoms with Gasteiger partial charge in [0.25, 0.3) is 0 Å². The van der Waals surface area contributed by atoms with Crippen molar-refractivity contribution in [3.63, 3.8) is 0 Å². The first-order valence-electron chi connectivity index (χ1n) is 9.21. The van der Waals surface area contributed by atoms with E-state index in [0.29, 0.717) is 30.5 Å². The smallest absolute Gasteiger partial charge is 0.314 e. The number of carbonyl (C=O) groups is 1. The van der Waals surface area contributed by atoms with Gasteiger partial charge in [0.15, 0.2) is 0 Å². The number of nitrogens with zero attached hydrogens (tertiary/aromatic N) is 3. The molecule has 0 spiro atoms. The Morgan fingerprint density at radius 2 is 2.18 bits per heavy atom. The summed E-state index contributed by atoms with van der Waals surface area (Å²) in [5.74, 6) is 0.754. The average molecular weight is 386 g/mol. The largest absolute Gasteiger partial charge is 0.497 e. The molecule has 0 bridgehead atoms. The highest BCUT2D eigenvalue weighted by molar-refractivity contribution is 5.77. The fourth-order valence-corrected chi connectivity index (χ4v) is 3.68. The first-order chi connectivity index (χ1) is 13.4. The molecule has 1 saturated heterocycles. The fourth-order valence-electron chi connectivity index (χ4n) is 3.68. The molecule has 0 radical (unpaired) electrons. The normalized spacial score (nSPS) is 22.0. The number of aliphatic carboxylic acids is 1. The predicted molar refractivity (Wildman–Crippen MR) is 106 cm³/mol. The average Bonchev–Trinajstić information content (AvgIpc) is 2.69. The molecular weight excluding hydrogens is 360 g/mol. The monoisotopic (exact) mass is 386 g/mol. The quantitative estimate of drug-likeness (QED) is 0.689. The van der Waals surface area contributed by atoms with Crippen LogP contribution in [0.1, 0.15) is 17.7 Å². The second-order valence-electron chi connectivity index (χ2n) is 7.16. The predicted octanol–water partition coefficient (Wildman–Crippen LogP) is 1.72. The Kier molecular flexibility index (Phi) is 5.69. The summed E-state index contributed by atoms with van der Waals surface area (Å²) in [4.78, 5) is 23.1. The number of piperidine rings is 1. The summed E-state index contributed by atoms with van der Waals surface area (Å²) in [6.45, 7) is 2.47. The van der Waals surface area contributed by atoms with E-state index in [0.717, 1.165) is 11.3 Å². The summed E-state index contributed by atoms with van der Waals surface area (Å²) in [5, 5.41) is 23.8. The molecule has 1 aliphatic heterocycles. The highest BCUT2D eigenvalue weighted by Crippen LogP contribution is 2.36. The van der Waals surface area contributed by atoms with Crippen molar-refractivity contribution in [1.29, 1.82) is 0 Å². The SMILES string of the molecule is CNc1cc(C)nc(N2CC[C@H](O)[C@](Cc3cccc(OC)c3)(C(=O)O)C2)n1. The van der Waals surface area contributed by atoms with Crippen molar-refractivity contribution in [1.82, 2.24) is 9.97 Å². The van der Waals surface area contributed by atoms with E-state index in [-0.39, 0.29) is 13.0 Å². The Hall–Kier alpha value is -2.87. The number of carboxylic acids is 1. The molecule has 2 aromatic rings. The molecule has 1 fully saturated rings. The van der Waals surface area contributed by atoms with Crippen molar-refractivity contribution >= 4 is 17.7 Å². The van der Waals surface area contributed by atoms with Gasteiger partial charge in [-0.1, -0.05) is 12.1 Å². The number of hydrogen-bond donors (Lipinski definition) is 3. The van der Waals surface area contributed by atoms with Crippen molar-refractivity contribution < 1.29 is 19.7 Å². The number of aromatic nitrogens is 2. The maximum absolute atomic E-state index is 12.3. The standard InChI is InChI=1S/C20H26N4O4/c1-13-9-17(21-2)23-19(22-13)24-8-7-16(25)20(12-24,18(26)27)11-14-5-4-6-15(10-14)28-3/h4-6,9-10,16,25H,7-8,11-12H2,1-3H3,(H,26,27)(H,21,22,23)/t16-,20+/m0/s1. The highest BCUT2D eigenvalue weighted by Gasteiger charge is 2.49. The third-order valence-corrected chi connectivity index (χ3v) is 5.24. The minimum Gasteiger partial charge on any atom is -0.497 e. The van der Waals surface area contributed by atoms with Crippen LogP contribution < -0.4 is 15.0 Å². The van der Waals surface area contributed by atoms with Crippen LogP contribution in [0.15, 0.2) is 30.3 Å². The summed E-state index contributed by atoms with van der Waals surface area (Å²) in [6, 6.07) is 9.10. The molecule has 1 aliphatic rings. The molecule has 2 heterocycles. The van der Waals surface area contributed by atoms with Crippen molar-refractivity contribution in [3.05, 3.63) is 41.6 Å². The van der Waals surface area contributed by atoms with E-state index in [1.54, 1.807) is 26.3 Å². The van der Waals surface area contributed by atoms with Gasteiger partial charge in [0.1, 0.15) is 17.0 Å². The minimum absolute atomic E-state index is 0.118. The van der Waals surface area contributed by atoms with E-state index in [4.69, 9.17) is 4.74 Å². The number of hydrogen-bond acceptors (Lipinski definition) is 7. The molecule has 0 aliphatic carbocycles. The summed E-state index contributed by atoms with van der Waals surface area (Å²) in [5.41, 5.74) is 0.218. The van der Waals surface area contributed by atoms with Crippen LogP contribution in [0.5, 0.6) is 5.75 Å². The number of rotatable bonds is 6. The molecule has 3 rings (SSSR count). The molecule has 1 aromatic carbocycles. The number of aliphatic hydroxyl groups excluding tert-OH is 1. The van der Waals surface area contributed by atoms with Crippen LogP contribution in [0.3, 0.4) is 0 Å². The lowest BCUT2D eigenvalue weighted by atomic mass is 9.73. The zero-order valence-corrected chi connectivity index (χ0v) is 16.3. The van der Waals surface area contributed by atoms with Crippen LogP contribution in [0.25, 0.3) is 0 Å². The lowest BCUT2D eigenvalue weighted by molar-refractivity contribution is -0.157. The van der Waals surface area contributed by atoms with Gasteiger partial charge in [-0.3, -0.25) is 4.79 Å². The summed E-state index contributed by atoms with van der Waals surface area (Å²) in [6.07, 6.45) is -0.467. The van der Waals surface area contributed by atoms with E-state index in [1.807, 2.05) is 30.0 Å². The molecule has 28 heavy (non-hydrogen) atoms. The molecule has 0 saturated carbocycles. The van der Waals surface area contributed by atoms with Gasteiger partial charge in [-0.2, -0.15) is 4.98 Å². The van der Waals surface area contributed by atoms with Crippen LogP contribution in [0.4, 0.5) is 11.8 Å². The topological polar surface area (TPSA) is 108 Å². The second-order valence-corrected chi connectivity index (χ2v) is 7.16. The molecular formula is C20H26N4O4. The maximum Gasteiger partial charge on any atom is 0.314 e. The lowest BCUT2D eigenvalue weighted by Crippen LogP contribution is -2.57. The van der Waals surface area contributed by atoms with Crippen LogP contribution in [-0.2, 0) is 11.2 Å². The Morgan fingerprint density at radius 3 is 2.86 bits per heavy atom. The van der Waals surface area contributed by atoms with Crippen LogP contribution >= 0.6 is 0 Å². The molecule has 0 unspecified atom stereocenters. The van der Waals surface area contributed by atoms with Crippen LogP contribution in [0.2, 0.25) is 0 Å². The number of benzene rings is 1. The van der Waals surface area contributed by atoms with Crippen molar-refractivity contribution in [2.75, 3.05) is 37.5 Å². The van der Waals surface area contributed by atoms with Gasteiger partial charge in [0.2, 0.25) is 5.95 Å². The number of anilines is 2. The first kappa shape index (κ1) is 19.9. The number of ether oxygens (including phenoxy) is 1. The van der Waals surface area contributed by atoms with Crippen LogP contribution in [-0.4, -0.2) is 59.5 Å². The second kappa shape index (κ2) is 8.02. The number of aliphatic hydroxyl groups is 1. The number of aryl methyl sites for hydroxylation is 1. The molecule has 2 atom stereocenters. The van der Waals surface area contributed by atoms with Gasteiger partial charge in [-0.25, -0.2) is 4.98 Å². The van der Waals surface area contributed by atoms with Crippen molar-refractivity contribution in [3.8, 4) is 5.75 Å². The highest BCUT2D eigenvalue weighted by atomic mass is 16.5. The number of methoxy groups -OCH3 is 1. The molecule has 1 aromatic heterocycles. The van der Waals surface area contributed by atoms with Gasteiger partial charge in [0.05, 0.1) is 13.2 Å². The van der Waals surface area contributed by atoms with Gasteiger partial charge in [0, 0.05) is 31.9 Å². The number of nitrogens with one attached hydrogen (secondary N) is 1. The fraction of sp³-hybridized carbons (Fsp3) is 0.450. The first-order valence-corrected chi connectivity index (χ1v) is 9.21. The Bertz CT molecular complexity index is 860. The van der Waals surface area contributed by atoms with E-state index in [1.165, 1.54) is 0 Å². The molecule has 150 valence electrons. The van der Waals surface area contributed by atoms with E-state index in [2.05, 4.69) is 15.3 Å². The van der Waals surface area contributed by atoms with Crippen molar-refractivity contribution in [2.24, 2.45) is 5.41 Å². The number of carboxylic acid groups (broad SMARTS) is 1. The third kappa shape index (κ3) is 3.87. The summed E-state index contributed by atoms with van der Waals surface area (Å²) >= 11 is 0. The molecule has 0 amide bonds. The van der Waals surface area contributed by atoms with E-state index < -0.39 is 17.5 Å². The van der Waals surface area contributed by atoms with Gasteiger partial charge < -0.3 is 25.2 Å². The molecule has 8 heteroatoms. The summed E-state index contributed by atoms with van der Waals surface area (Å²) in [7, 11) is 3.34. The van der Waals surface area contributed by atoms with Gasteiger partial charge in [-0.05, 0) is 37.5 Å². The molecule has 8 nitrogen and oxygen atoms in total. The maximum atomic E-state index is 12.3. The van der Waals surface area contributed by atoms with Gasteiger partial charge in [-0.15, -0.1) is 0 Å². The Morgan fingerprint density at radius 1 is 1.39 bits per heavy atom. The molecule has 3 N–H and O–H groups in total. The van der Waals surface area contributed by atoms with E-state index >= 15 is 0 Å². The van der Waals surface area contributed by atoms with Crippen LogP contribution in [0, 0.1) is 12.3 Å².